The third-order valence-corrected chi connectivity index (χ3v) is 4.58. The van der Waals surface area contributed by atoms with E-state index < -0.39 is 0 Å². The molecule has 2 aromatic heterocycles. The summed E-state index contributed by atoms with van der Waals surface area (Å²) < 4.78 is 5.40. The Morgan fingerprint density at radius 2 is 2.35 bits per heavy atom. The topological polar surface area (TPSA) is 63.9 Å². The zero-order chi connectivity index (χ0) is 14.3. The third kappa shape index (κ3) is 2.10. The van der Waals surface area contributed by atoms with Crippen LogP contribution < -0.4 is 0 Å². The van der Waals surface area contributed by atoms with Gasteiger partial charge in [-0.3, -0.25) is 9.48 Å². The molecule has 106 valence electrons. The number of halogens is 1. The summed E-state index contributed by atoms with van der Waals surface area (Å²) in [5.74, 6) is -0.0828. The molecule has 1 amide bonds. The van der Waals surface area contributed by atoms with Crippen molar-refractivity contribution in [1.29, 1.82) is 0 Å². The van der Waals surface area contributed by atoms with E-state index in [-0.39, 0.29) is 11.9 Å². The second kappa shape index (κ2) is 5.14. The maximum absolute atomic E-state index is 12.5. The number of likely N-dealkylation sites (tertiary alicyclic amines) is 1. The summed E-state index contributed by atoms with van der Waals surface area (Å²) >= 11 is 7.51. The Morgan fingerprint density at radius 3 is 2.95 bits per heavy atom. The second-order valence-corrected chi connectivity index (χ2v) is 5.83. The highest BCUT2D eigenvalue weighted by Gasteiger charge is 2.35. The molecule has 1 aliphatic heterocycles. The van der Waals surface area contributed by atoms with Gasteiger partial charge in [0.05, 0.1) is 11.7 Å². The molecule has 20 heavy (non-hydrogen) atoms. The minimum Gasteiger partial charge on any atom is -0.330 e. The van der Waals surface area contributed by atoms with Gasteiger partial charge in [-0.2, -0.15) is 5.10 Å². The van der Waals surface area contributed by atoms with Crippen LogP contribution in [0.1, 0.15) is 40.6 Å². The van der Waals surface area contributed by atoms with Gasteiger partial charge in [0, 0.05) is 24.5 Å². The zero-order valence-corrected chi connectivity index (χ0v) is 12.8. The quantitative estimate of drug-likeness (QED) is 0.853. The molecule has 0 bridgehead atoms. The van der Waals surface area contributed by atoms with Crippen molar-refractivity contribution in [3.8, 4) is 0 Å². The van der Waals surface area contributed by atoms with Gasteiger partial charge in [-0.25, -0.2) is 0 Å². The molecule has 0 spiro atoms. The van der Waals surface area contributed by atoms with Crippen LogP contribution in [0.25, 0.3) is 0 Å². The SMILES string of the molecule is Cc1nn(C)c(Cl)c1C1CCCN1C(=O)c1csnn1. The van der Waals surface area contributed by atoms with Crippen molar-refractivity contribution >= 4 is 29.0 Å². The molecule has 3 rings (SSSR count). The molecule has 1 fully saturated rings. The van der Waals surface area contributed by atoms with E-state index in [9.17, 15) is 4.79 Å². The van der Waals surface area contributed by atoms with E-state index in [0.717, 1.165) is 24.1 Å². The van der Waals surface area contributed by atoms with Crippen molar-refractivity contribution in [3.05, 3.63) is 27.5 Å². The maximum atomic E-state index is 12.5. The Morgan fingerprint density at radius 1 is 1.55 bits per heavy atom. The van der Waals surface area contributed by atoms with Crippen LogP contribution in [0.5, 0.6) is 0 Å². The van der Waals surface area contributed by atoms with Crippen LogP contribution in [-0.4, -0.2) is 36.7 Å². The van der Waals surface area contributed by atoms with E-state index >= 15 is 0 Å². The van der Waals surface area contributed by atoms with Crippen LogP contribution in [0, 0.1) is 6.92 Å². The Hall–Kier alpha value is -1.47. The lowest BCUT2D eigenvalue weighted by Gasteiger charge is -2.24. The van der Waals surface area contributed by atoms with Gasteiger partial charge < -0.3 is 4.90 Å². The number of amides is 1. The molecule has 0 aliphatic carbocycles. The number of hydrogen-bond donors (Lipinski definition) is 0. The standard InChI is InChI=1S/C12H14ClN5OS/c1-7-10(11(13)17(2)15-7)9-4-3-5-18(9)12(19)8-6-20-16-14-8/h6,9H,3-5H2,1-2H3. The number of rotatable bonds is 2. The summed E-state index contributed by atoms with van der Waals surface area (Å²) in [5.41, 5.74) is 2.22. The summed E-state index contributed by atoms with van der Waals surface area (Å²) in [4.78, 5) is 14.3. The Balaban J connectivity index is 1.95. The van der Waals surface area contributed by atoms with Gasteiger partial charge in [0.25, 0.3) is 5.91 Å². The van der Waals surface area contributed by atoms with E-state index in [4.69, 9.17) is 11.6 Å². The van der Waals surface area contributed by atoms with Crippen molar-refractivity contribution in [3.63, 3.8) is 0 Å². The Bertz CT molecular complexity index is 639. The fourth-order valence-electron chi connectivity index (χ4n) is 2.74. The first-order valence-electron chi connectivity index (χ1n) is 6.36. The second-order valence-electron chi connectivity index (χ2n) is 4.86. The summed E-state index contributed by atoms with van der Waals surface area (Å²) in [6.45, 7) is 2.64. The predicted octanol–water partition coefficient (Wildman–Crippen LogP) is 2.21. The highest BCUT2D eigenvalue weighted by Crippen LogP contribution is 2.38. The van der Waals surface area contributed by atoms with Gasteiger partial charge in [0.1, 0.15) is 5.15 Å². The minimum absolute atomic E-state index is 0.0228. The predicted molar refractivity (Wildman–Crippen MR) is 75.9 cm³/mol. The number of carbonyl (C=O) groups excluding carboxylic acids is 1. The molecule has 3 heterocycles. The third-order valence-electron chi connectivity index (χ3n) is 3.62. The first-order valence-corrected chi connectivity index (χ1v) is 7.58. The van der Waals surface area contributed by atoms with Crippen molar-refractivity contribution in [2.45, 2.75) is 25.8 Å². The van der Waals surface area contributed by atoms with Crippen molar-refractivity contribution in [1.82, 2.24) is 24.3 Å². The maximum Gasteiger partial charge on any atom is 0.275 e. The normalized spacial score (nSPS) is 18.8. The molecule has 6 nitrogen and oxygen atoms in total. The zero-order valence-electron chi connectivity index (χ0n) is 11.2. The monoisotopic (exact) mass is 311 g/mol. The number of aromatic nitrogens is 4. The van der Waals surface area contributed by atoms with Gasteiger partial charge in [-0.05, 0) is 31.3 Å². The number of aryl methyl sites for hydroxylation is 2. The highest BCUT2D eigenvalue weighted by molar-refractivity contribution is 7.03. The average Bonchev–Trinajstić information content (AvgIpc) is 3.12. The average molecular weight is 312 g/mol. The first-order chi connectivity index (χ1) is 9.59. The van der Waals surface area contributed by atoms with Crippen LogP contribution in [0.3, 0.4) is 0 Å². The number of nitrogens with zero attached hydrogens (tertiary/aromatic N) is 5. The van der Waals surface area contributed by atoms with E-state index in [1.807, 2.05) is 18.9 Å². The van der Waals surface area contributed by atoms with Gasteiger partial charge in [-0.1, -0.05) is 16.1 Å². The van der Waals surface area contributed by atoms with Gasteiger partial charge in [-0.15, -0.1) is 5.10 Å². The summed E-state index contributed by atoms with van der Waals surface area (Å²) in [5, 5.41) is 10.5. The molecule has 0 saturated carbocycles. The van der Waals surface area contributed by atoms with Crippen LogP contribution in [0.15, 0.2) is 5.38 Å². The molecule has 8 heteroatoms. The highest BCUT2D eigenvalue weighted by atomic mass is 35.5. The summed E-state index contributed by atoms with van der Waals surface area (Å²) in [7, 11) is 1.81. The first kappa shape index (κ1) is 13.5. The molecule has 0 radical (unpaired) electrons. The smallest absolute Gasteiger partial charge is 0.275 e. The van der Waals surface area contributed by atoms with Crippen molar-refractivity contribution in [2.75, 3.05) is 6.54 Å². The molecule has 0 aromatic carbocycles. The van der Waals surface area contributed by atoms with E-state index in [2.05, 4.69) is 14.7 Å². The molecular weight excluding hydrogens is 298 g/mol. The summed E-state index contributed by atoms with van der Waals surface area (Å²) in [6.07, 6.45) is 1.86. The molecular formula is C12H14ClN5OS. The van der Waals surface area contributed by atoms with Crippen LogP contribution in [-0.2, 0) is 7.05 Å². The summed E-state index contributed by atoms with van der Waals surface area (Å²) in [6, 6.07) is -0.0228. The lowest BCUT2D eigenvalue weighted by Crippen LogP contribution is -2.31. The van der Waals surface area contributed by atoms with Crippen LogP contribution >= 0.6 is 23.1 Å². The lowest BCUT2D eigenvalue weighted by atomic mass is 10.1. The molecule has 1 unspecified atom stereocenters. The van der Waals surface area contributed by atoms with E-state index in [1.54, 1.807) is 10.1 Å². The van der Waals surface area contributed by atoms with Gasteiger partial charge in [0.2, 0.25) is 0 Å². The van der Waals surface area contributed by atoms with E-state index in [0.29, 0.717) is 17.4 Å². The van der Waals surface area contributed by atoms with Crippen LogP contribution in [0.4, 0.5) is 0 Å². The van der Waals surface area contributed by atoms with Crippen LogP contribution in [0.2, 0.25) is 5.15 Å². The Kier molecular flexibility index (Phi) is 3.47. The molecule has 2 aromatic rings. The number of hydrogen-bond acceptors (Lipinski definition) is 5. The largest absolute Gasteiger partial charge is 0.330 e. The Labute approximate surface area is 125 Å². The fraction of sp³-hybridized carbons (Fsp3) is 0.500. The lowest BCUT2D eigenvalue weighted by molar-refractivity contribution is 0.0729. The molecule has 1 saturated heterocycles. The van der Waals surface area contributed by atoms with Crippen molar-refractivity contribution in [2.24, 2.45) is 7.05 Å². The number of carbonyl (C=O) groups is 1. The fourth-order valence-corrected chi connectivity index (χ4v) is 3.47. The molecule has 0 N–H and O–H groups in total. The molecule has 1 atom stereocenters. The van der Waals surface area contributed by atoms with E-state index in [1.165, 1.54) is 11.5 Å². The van der Waals surface area contributed by atoms with Gasteiger partial charge in [0.15, 0.2) is 5.69 Å². The van der Waals surface area contributed by atoms with Gasteiger partial charge >= 0.3 is 0 Å². The van der Waals surface area contributed by atoms with Crippen molar-refractivity contribution < 1.29 is 4.79 Å². The minimum atomic E-state index is -0.0828. The molecule has 1 aliphatic rings.